The molecule has 7 heteroatoms. The number of nitro benzene ring substituents is 1. The van der Waals surface area contributed by atoms with Gasteiger partial charge in [0.2, 0.25) is 5.88 Å². The zero-order valence-electron chi connectivity index (χ0n) is 10.5. The first-order chi connectivity index (χ1) is 9.51. The zero-order chi connectivity index (χ0) is 14.7. The number of alkyl halides is 1. The van der Waals surface area contributed by atoms with Crippen LogP contribution < -0.4 is 4.74 Å². The molecular formula is C13H10BrClN2O3. The van der Waals surface area contributed by atoms with Crippen molar-refractivity contribution in [1.82, 2.24) is 4.98 Å². The molecule has 1 aromatic carbocycles. The molecule has 0 spiro atoms. The third-order valence-electron chi connectivity index (χ3n) is 2.57. The summed E-state index contributed by atoms with van der Waals surface area (Å²) >= 11 is 9.32. The summed E-state index contributed by atoms with van der Waals surface area (Å²) in [5.74, 6) is 0.755. The normalized spacial score (nSPS) is 10.3. The van der Waals surface area contributed by atoms with E-state index in [0.29, 0.717) is 17.0 Å². The average Bonchev–Trinajstić information content (AvgIpc) is 2.42. The predicted molar refractivity (Wildman–Crippen MR) is 79.8 cm³/mol. The second kappa shape index (κ2) is 6.19. The maximum absolute atomic E-state index is 10.6. The Morgan fingerprint density at radius 1 is 1.45 bits per heavy atom. The molecule has 1 aromatic heterocycles. The zero-order valence-corrected chi connectivity index (χ0v) is 12.8. The van der Waals surface area contributed by atoms with Crippen molar-refractivity contribution in [1.29, 1.82) is 0 Å². The molecule has 20 heavy (non-hydrogen) atoms. The Kier molecular flexibility index (Phi) is 4.57. The Bertz CT molecular complexity index is 664. The standard InChI is InChI=1S/C13H10BrClN2O3/c1-8-4-9(6-14)7-16-13(8)20-12-3-2-10(17(18)19)5-11(12)15/h2-5,7H,6H2,1H3. The van der Waals surface area contributed by atoms with Gasteiger partial charge in [0.1, 0.15) is 5.75 Å². The van der Waals surface area contributed by atoms with Crippen LogP contribution in [-0.4, -0.2) is 9.91 Å². The monoisotopic (exact) mass is 356 g/mol. The van der Waals surface area contributed by atoms with Crippen LogP contribution in [0.3, 0.4) is 0 Å². The predicted octanol–water partition coefficient (Wildman–Crippen LogP) is 4.64. The van der Waals surface area contributed by atoms with Gasteiger partial charge in [-0.05, 0) is 24.6 Å². The van der Waals surface area contributed by atoms with Crippen LogP contribution in [-0.2, 0) is 5.33 Å². The average molecular weight is 358 g/mol. The number of hydrogen-bond acceptors (Lipinski definition) is 4. The summed E-state index contributed by atoms with van der Waals surface area (Å²) in [6.45, 7) is 1.87. The Morgan fingerprint density at radius 3 is 2.75 bits per heavy atom. The van der Waals surface area contributed by atoms with Gasteiger partial charge in [-0.25, -0.2) is 4.98 Å². The van der Waals surface area contributed by atoms with Crippen molar-refractivity contribution in [2.45, 2.75) is 12.3 Å². The first-order valence-corrected chi connectivity index (χ1v) is 7.14. The third-order valence-corrected chi connectivity index (χ3v) is 3.52. The fraction of sp³-hybridized carbons (Fsp3) is 0.154. The number of aryl methyl sites for hydroxylation is 1. The fourth-order valence-electron chi connectivity index (χ4n) is 1.59. The molecule has 2 rings (SSSR count). The molecule has 0 aliphatic rings. The number of pyridine rings is 1. The highest BCUT2D eigenvalue weighted by Crippen LogP contribution is 2.32. The van der Waals surface area contributed by atoms with Crippen molar-refractivity contribution in [3.05, 3.63) is 56.7 Å². The molecule has 0 unspecified atom stereocenters. The summed E-state index contributed by atoms with van der Waals surface area (Å²) in [6, 6.07) is 5.98. The molecule has 0 saturated carbocycles. The summed E-state index contributed by atoms with van der Waals surface area (Å²) in [5, 5.41) is 11.5. The summed E-state index contributed by atoms with van der Waals surface area (Å²) in [5.41, 5.74) is 1.81. The highest BCUT2D eigenvalue weighted by Gasteiger charge is 2.12. The number of nitrogens with zero attached hydrogens (tertiary/aromatic N) is 2. The van der Waals surface area contributed by atoms with E-state index < -0.39 is 4.92 Å². The lowest BCUT2D eigenvalue weighted by Gasteiger charge is -2.09. The highest BCUT2D eigenvalue weighted by molar-refractivity contribution is 9.08. The minimum Gasteiger partial charge on any atom is -0.437 e. The van der Waals surface area contributed by atoms with Crippen LogP contribution in [0.1, 0.15) is 11.1 Å². The smallest absolute Gasteiger partial charge is 0.271 e. The molecule has 2 aromatic rings. The molecule has 0 amide bonds. The molecule has 5 nitrogen and oxygen atoms in total. The molecule has 1 heterocycles. The van der Waals surface area contributed by atoms with Gasteiger partial charge in [-0.3, -0.25) is 10.1 Å². The van der Waals surface area contributed by atoms with Gasteiger partial charge < -0.3 is 4.74 Å². The number of nitro groups is 1. The van der Waals surface area contributed by atoms with Crippen molar-refractivity contribution >= 4 is 33.2 Å². The molecule has 0 N–H and O–H groups in total. The van der Waals surface area contributed by atoms with Crippen LogP contribution in [0.15, 0.2) is 30.5 Å². The van der Waals surface area contributed by atoms with Gasteiger partial charge in [-0.1, -0.05) is 27.5 Å². The van der Waals surface area contributed by atoms with E-state index in [0.717, 1.165) is 11.1 Å². The van der Waals surface area contributed by atoms with E-state index in [1.165, 1.54) is 18.2 Å². The van der Waals surface area contributed by atoms with Crippen LogP contribution in [0.4, 0.5) is 5.69 Å². The van der Waals surface area contributed by atoms with E-state index in [2.05, 4.69) is 20.9 Å². The number of benzene rings is 1. The lowest BCUT2D eigenvalue weighted by molar-refractivity contribution is -0.384. The Balaban J connectivity index is 2.28. The van der Waals surface area contributed by atoms with Crippen LogP contribution in [0.2, 0.25) is 5.02 Å². The van der Waals surface area contributed by atoms with Gasteiger partial charge in [-0.15, -0.1) is 0 Å². The van der Waals surface area contributed by atoms with E-state index in [4.69, 9.17) is 16.3 Å². The van der Waals surface area contributed by atoms with E-state index in [1.54, 1.807) is 6.20 Å². The summed E-state index contributed by atoms with van der Waals surface area (Å²) in [4.78, 5) is 14.3. The number of halogens is 2. The molecule has 0 atom stereocenters. The van der Waals surface area contributed by atoms with Gasteiger partial charge in [0.05, 0.1) is 9.95 Å². The molecule has 104 valence electrons. The van der Waals surface area contributed by atoms with Crippen LogP contribution in [0.5, 0.6) is 11.6 Å². The topological polar surface area (TPSA) is 65.3 Å². The number of ether oxygens (including phenoxy) is 1. The first-order valence-electron chi connectivity index (χ1n) is 5.64. The molecule has 0 aliphatic carbocycles. The second-order valence-corrected chi connectivity index (χ2v) is 5.04. The molecular weight excluding hydrogens is 348 g/mol. The van der Waals surface area contributed by atoms with Crippen LogP contribution in [0, 0.1) is 17.0 Å². The van der Waals surface area contributed by atoms with Gasteiger partial charge in [0.25, 0.3) is 5.69 Å². The molecule has 0 saturated heterocycles. The van der Waals surface area contributed by atoms with Gasteiger partial charge in [0.15, 0.2) is 0 Å². The van der Waals surface area contributed by atoms with Crippen molar-refractivity contribution in [3.8, 4) is 11.6 Å². The van der Waals surface area contributed by atoms with Gasteiger partial charge >= 0.3 is 0 Å². The Morgan fingerprint density at radius 2 is 2.20 bits per heavy atom. The maximum Gasteiger partial charge on any atom is 0.271 e. The van der Waals surface area contributed by atoms with Gasteiger partial charge in [-0.2, -0.15) is 0 Å². The summed E-state index contributed by atoms with van der Waals surface area (Å²) < 4.78 is 5.59. The second-order valence-electron chi connectivity index (χ2n) is 4.07. The molecule has 0 radical (unpaired) electrons. The maximum atomic E-state index is 10.6. The number of non-ortho nitro benzene ring substituents is 1. The summed E-state index contributed by atoms with van der Waals surface area (Å²) in [6.07, 6.45) is 1.69. The fourth-order valence-corrected chi connectivity index (χ4v) is 2.11. The molecule has 0 bridgehead atoms. The Hall–Kier alpha value is -1.66. The van der Waals surface area contributed by atoms with Crippen molar-refractivity contribution in [2.24, 2.45) is 0 Å². The minimum atomic E-state index is -0.510. The van der Waals surface area contributed by atoms with E-state index >= 15 is 0 Å². The highest BCUT2D eigenvalue weighted by atomic mass is 79.9. The van der Waals surface area contributed by atoms with Crippen molar-refractivity contribution in [3.63, 3.8) is 0 Å². The largest absolute Gasteiger partial charge is 0.437 e. The lowest BCUT2D eigenvalue weighted by Crippen LogP contribution is -1.94. The lowest BCUT2D eigenvalue weighted by atomic mass is 10.2. The Labute approximate surface area is 128 Å². The van der Waals surface area contributed by atoms with E-state index in [9.17, 15) is 10.1 Å². The first kappa shape index (κ1) is 14.7. The quantitative estimate of drug-likeness (QED) is 0.454. The number of rotatable bonds is 4. The summed E-state index contributed by atoms with van der Waals surface area (Å²) in [7, 11) is 0. The number of aromatic nitrogens is 1. The van der Waals surface area contributed by atoms with Crippen molar-refractivity contribution in [2.75, 3.05) is 0 Å². The molecule has 0 aliphatic heterocycles. The SMILES string of the molecule is Cc1cc(CBr)cnc1Oc1ccc([N+](=O)[O-])cc1Cl. The van der Waals surface area contributed by atoms with E-state index in [-0.39, 0.29) is 10.7 Å². The molecule has 0 fully saturated rings. The third kappa shape index (κ3) is 3.26. The van der Waals surface area contributed by atoms with E-state index in [1.807, 2.05) is 13.0 Å². The van der Waals surface area contributed by atoms with Crippen LogP contribution >= 0.6 is 27.5 Å². The van der Waals surface area contributed by atoms with Crippen LogP contribution in [0.25, 0.3) is 0 Å². The number of hydrogen-bond donors (Lipinski definition) is 0. The minimum absolute atomic E-state index is 0.0818. The van der Waals surface area contributed by atoms with Crippen molar-refractivity contribution < 1.29 is 9.66 Å². The van der Waals surface area contributed by atoms with Gasteiger partial charge in [0, 0.05) is 29.2 Å².